The molecule has 152 valence electrons. The molecule has 0 aromatic carbocycles. The number of aryl methyl sites for hydroxylation is 1. The summed E-state index contributed by atoms with van der Waals surface area (Å²) in [5.74, 6) is -0.260. The van der Waals surface area contributed by atoms with Crippen molar-refractivity contribution in [3.8, 4) is 0 Å². The number of esters is 1. The van der Waals surface area contributed by atoms with Crippen LogP contribution in [0.5, 0.6) is 0 Å². The third-order valence-electron chi connectivity index (χ3n) is 4.78. The maximum atomic E-state index is 12.5. The van der Waals surface area contributed by atoms with Crippen molar-refractivity contribution in [3.63, 3.8) is 0 Å². The van der Waals surface area contributed by atoms with E-state index < -0.39 is 5.97 Å². The van der Waals surface area contributed by atoms with E-state index in [0.29, 0.717) is 12.4 Å². The number of rotatable bonds is 8. The number of nitrogens with one attached hydrogen (secondary N) is 1. The smallest absolute Gasteiger partial charge is 0.343 e. The predicted octanol–water partition coefficient (Wildman–Crippen LogP) is 1.46. The number of nitrogens with zero attached hydrogens (tertiary/aromatic N) is 4. The van der Waals surface area contributed by atoms with Crippen LogP contribution in [0.25, 0.3) is 0 Å². The molecule has 0 aliphatic carbocycles. The highest BCUT2D eigenvalue weighted by Crippen LogP contribution is 2.16. The molecular weight excluding hydrogens is 378 g/mol. The fourth-order valence-corrected chi connectivity index (χ4v) is 3.91. The number of hydrogen-bond acceptors (Lipinski definition) is 7. The fourth-order valence-electron chi connectivity index (χ4n) is 3.21. The van der Waals surface area contributed by atoms with E-state index in [0.717, 1.165) is 39.1 Å². The van der Waals surface area contributed by atoms with Crippen LogP contribution in [0.15, 0.2) is 23.7 Å². The lowest BCUT2D eigenvalue weighted by atomic mass is 10.2. The van der Waals surface area contributed by atoms with Gasteiger partial charge >= 0.3 is 5.97 Å². The Hall–Kier alpha value is -2.23. The molecule has 1 aliphatic heterocycles. The summed E-state index contributed by atoms with van der Waals surface area (Å²) in [6, 6.07) is 4.26. The molecule has 0 spiro atoms. The van der Waals surface area contributed by atoms with Gasteiger partial charge in [0.15, 0.2) is 0 Å². The third-order valence-corrected chi connectivity index (χ3v) is 5.71. The van der Waals surface area contributed by atoms with Crippen molar-refractivity contribution < 1.29 is 14.3 Å². The number of aromatic nitrogens is 2. The van der Waals surface area contributed by atoms with Crippen LogP contribution in [0, 0.1) is 0 Å². The first-order valence-electron chi connectivity index (χ1n) is 9.53. The zero-order chi connectivity index (χ0) is 19.9. The molecule has 9 heteroatoms. The van der Waals surface area contributed by atoms with Gasteiger partial charge < -0.3 is 15.0 Å². The van der Waals surface area contributed by atoms with Crippen molar-refractivity contribution >= 4 is 29.0 Å². The minimum absolute atomic E-state index is 0.152. The number of carbonyl (C=O) groups excluding carboxylic acids is 2. The first-order chi connectivity index (χ1) is 13.6. The van der Waals surface area contributed by atoms with Gasteiger partial charge in [-0.25, -0.2) is 4.79 Å². The van der Waals surface area contributed by atoms with Crippen LogP contribution in [0.1, 0.15) is 22.2 Å². The first kappa shape index (κ1) is 20.5. The minimum atomic E-state index is -0.481. The molecule has 2 aromatic rings. The number of anilines is 1. The van der Waals surface area contributed by atoms with Gasteiger partial charge in [0.2, 0.25) is 5.91 Å². The normalized spacial score (nSPS) is 15.5. The Labute approximate surface area is 169 Å². The summed E-state index contributed by atoms with van der Waals surface area (Å²) in [6.07, 6.45) is 2.50. The topological polar surface area (TPSA) is 79.7 Å². The molecule has 0 atom stereocenters. The molecule has 0 bridgehead atoms. The van der Waals surface area contributed by atoms with Gasteiger partial charge in [-0.05, 0) is 24.8 Å². The van der Waals surface area contributed by atoms with E-state index in [-0.39, 0.29) is 18.1 Å². The van der Waals surface area contributed by atoms with Crippen molar-refractivity contribution in [2.24, 2.45) is 7.05 Å². The molecule has 1 amide bonds. The minimum Gasteiger partial charge on any atom is -0.462 e. The SMILES string of the molecule is CCOC(=O)c1cnn(C)c1NC(=O)CN1CCN(CCc2cccs2)CC1. The monoisotopic (exact) mass is 405 g/mol. The van der Waals surface area contributed by atoms with Gasteiger partial charge in [-0.15, -0.1) is 11.3 Å². The average Bonchev–Trinajstić information content (AvgIpc) is 3.32. The molecule has 28 heavy (non-hydrogen) atoms. The standard InChI is InChI=1S/C19H27N5O3S/c1-3-27-19(26)16-13-20-22(2)18(16)21-17(25)14-24-10-8-23(9-11-24)7-6-15-5-4-12-28-15/h4-5,12-13H,3,6-11,14H2,1-2H3,(H,21,25). The van der Waals surface area contributed by atoms with Crippen molar-refractivity contribution in [2.75, 3.05) is 51.2 Å². The van der Waals surface area contributed by atoms with E-state index in [1.807, 2.05) is 0 Å². The summed E-state index contributed by atoms with van der Waals surface area (Å²) in [6.45, 7) is 6.99. The van der Waals surface area contributed by atoms with E-state index >= 15 is 0 Å². The predicted molar refractivity (Wildman–Crippen MR) is 109 cm³/mol. The lowest BCUT2D eigenvalue weighted by Crippen LogP contribution is -2.49. The van der Waals surface area contributed by atoms with E-state index in [9.17, 15) is 9.59 Å². The number of thiophene rings is 1. The summed E-state index contributed by atoms with van der Waals surface area (Å²) in [4.78, 5) is 30.4. The highest BCUT2D eigenvalue weighted by molar-refractivity contribution is 7.09. The Balaban J connectivity index is 1.45. The molecule has 3 rings (SSSR count). The second kappa shape index (κ2) is 9.81. The molecule has 1 fully saturated rings. The van der Waals surface area contributed by atoms with Crippen LogP contribution in [0.4, 0.5) is 5.82 Å². The highest BCUT2D eigenvalue weighted by atomic mass is 32.1. The van der Waals surface area contributed by atoms with E-state index in [4.69, 9.17) is 4.74 Å². The van der Waals surface area contributed by atoms with Crippen molar-refractivity contribution in [2.45, 2.75) is 13.3 Å². The molecule has 2 aromatic heterocycles. The zero-order valence-electron chi connectivity index (χ0n) is 16.4. The van der Waals surface area contributed by atoms with Gasteiger partial charge in [0.05, 0.1) is 19.3 Å². The molecule has 1 saturated heterocycles. The van der Waals surface area contributed by atoms with Gasteiger partial charge in [-0.1, -0.05) is 6.07 Å². The number of carbonyl (C=O) groups is 2. The zero-order valence-corrected chi connectivity index (χ0v) is 17.2. The summed E-state index contributed by atoms with van der Waals surface area (Å²) in [7, 11) is 1.69. The van der Waals surface area contributed by atoms with Gasteiger partial charge in [-0.2, -0.15) is 5.10 Å². The third kappa shape index (κ3) is 5.40. The number of amides is 1. The molecule has 1 N–H and O–H groups in total. The van der Waals surface area contributed by atoms with Crippen molar-refractivity contribution in [1.82, 2.24) is 19.6 Å². The van der Waals surface area contributed by atoms with Crippen LogP contribution >= 0.6 is 11.3 Å². The summed E-state index contributed by atoms with van der Waals surface area (Å²) in [5.41, 5.74) is 0.274. The van der Waals surface area contributed by atoms with Gasteiger partial charge in [0.1, 0.15) is 11.4 Å². The Bertz CT molecular complexity index is 782. The van der Waals surface area contributed by atoms with E-state index in [2.05, 4.69) is 37.7 Å². The molecule has 1 aliphatic rings. The number of ether oxygens (including phenoxy) is 1. The number of piperazine rings is 1. The lowest BCUT2D eigenvalue weighted by molar-refractivity contribution is -0.117. The van der Waals surface area contributed by atoms with Gasteiger partial charge in [-0.3, -0.25) is 14.4 Å². The molecule has 0 radical (unpaired) electrons. The molecule has 3 heterocycles. The van der Waals surface area contributed by atoms with Crippen LogP contribution in [0.2, 0.25) is 0 Å². The Morgan fingerprint density at radius 3 is 2.68 bits per heavy atom. The Morgan fingerprint density at radius 2 is 2.00 bits per heavy atom. The van der Waals surface area contributed by atoms with Crippen LogP contribution in [0.3, 0.4) is 0 Å². The second-order valence-corrected chi connectivity index (χ2v) is 7.78. The maximum absolute atomic E-state index is 12.5. The summed E-state index contributed by atoms with van der Waals surface area (Å²) < 4.78 is 6.50. The fraction of sp³-hybridized carbons (Fsp3) is 0.526. The Kier molecular flexibility index (Phi) is 7.18. The molecule has 0 saturated carbocycles. The summed E-state index contributed by atoms with van der Waals surface area (Å²) in [5, 5.41) is 8.97. The lowest BCUT2D eigenvalue weighted by Gasteiger charge is -2.34. The van der Waals surface area contributed by atoms with Crippen molar-refractivity contribution in [1.29, 1.82) is 0 Å². The van der Waals surface area contributed by atoms with Crippen LogP contribution < -0.4 is 5.32 Å². The van der Waals surface area contributed by atoms with Crippen LogP contribution in [-0.4, -0.2) is 77.3 Å². The number of hydrogen-bond donors (Lipinski definition) is 1. The molecule has 8 nitrogen and oxygen atoms in total. The largest absolute Gasteiger partial charge is 0.462 e. The van der Waals surface area contributed by atoms with E-state index in [1.165, 1.54) is 15.8 Å². The van der Waals surface area contributed by atoms with Gasteiger partial charge in [0.25, 0.3) is 0 Å². The Morgan fingerprint density at radius 1 is 1.25 bits per heavy atom. The van der Waals surface area contributed by atoms with Gasteiger partial charge in [0, 0.05) is 44.6 Å². The molecule has 0 unspecified atom stereocenters. The van der Waals surface area contributed by atoms with E-state index in [1.54, 1.807) is 25.3 Å². The first-order valence-corrected chi connectivity index (χ1v) is 10.4. The second-order valence-electron chi connectivity index (χ2n) is 6.75. The van der Waals surface area contributed by atoms with Crippen LogP contribution in [-0.2, 0) is 23.0 Å². The summed E-state index contributed by atoms with van der Waals surface area (Å²) >= 11 is 1.80. The maximum Gasteiger partial charge on any atom is 0.343 e. The average molecular weight is 406 g/mol. The highest BCUT2D eigenvalue weighted by Gasteiger charge is 2.22. The quantitative estimate of drug-likeness (QED) is 0.670. The van der Waals surface area contributed by atoms with Crippen molar-refractivity contribution in [3.05, 3.63) is 34.2 Å². The molecular formula is C19H27N5O3S.